The van der Waals surface area contributed by atoms with E-state index in [1.165, 1.54) is 4.90 Å². The standard InChI is InChI=1S/C15H23N3S/c1-3-11-17-15(16-4-2)18-12-8-13-19-14-9-6-5-7-10-14/h3,5-7,9-10H,1,4,8,11-13H2,2H3,(H2,16,17,18). The fourth-order valence-corrected chi connectivity index (χ4v) is 2.33. The third-order valence-corrected chi connectivity index (χ3v) is 3.44. The van der Waals surface area contributed by atoms with Gasteiger partial charge in [0.25, 0.3) is 0 Å². The summed E-state index contributed by atoms with van der Waals surface area (Å²) in [4.78, 5) is 5.84. The van der Waals surface area contributed by atoms with Gasteiger partial charge in [-0.15, -0.1) is 18.3 Å². The Kier molecular flexibility index (Phi) is 8.64. The van der Waals surface area contributed by atoms with Crippen molar-refractivity contribution in [2.24, 2.45) is 4.99 Å². The van der Waals surface area contributed by atoms with Crippen LogP contribution in [0.15, 0.2) is 52.9 Å². The number of guanidine groups is 1. The highest BCUT2D eigenvalue weighted by atomic mass is 32.2. The van der Waals surface area contributed by atoms with Gasteiger partial charge in [-0.25, -0.2) is 0 Å². The SMILES string of the molecule is C=CCNC(=NCCCSc1ccccc1)NCC. The number of benzene rings is 1. The molecule has 1 rings (SSSR count). The summed E-state index contributed by atoms with van der Waals surface area (Å²) >= 11 is 1.88. The molecule has 3 nitrogen and oxygen atoms in total. The molecule has 0 heterocycles. The van der Waals surface area contributed by atoms with Crippen LogP contribution in [0.1, 0.15) is 13.3 Å². The minimum atomic E-state index is 0.741. The Morgan fingerprint density at radius 2 is 2.11 bits per heavy atom. The molecule has 19 heavy (non-hydrogen) atoms. The van der Waals surface area contributed by atoms with E-state index in [1.54, 1.807) is 0 Å². The van der Waals surface area contributed by atoms with Crippen LogP contribution in [0.25, 0.3) is 0 Å². The molecule has 2 N–H and O–H groups in total. The first-order valence-electron chi connectivity index (χ1n) is 6.67. The Bertz CT molecular complexity index is 376. The topological polar surface area (TPSA) is 36.4 Å². The third-order valence-electron chi connectivity index (χ3n) is 2.34. The molecule has 0 amide bonds. The van der Waals surface area contributed by atoms with Crippen molar-refractivity contribution in [3.05, 3.63) is 43.0 Å². The Morgan fingerprint density at radius 1 is 1.32 bits per heavy atom. The maximum atomic E-state index is 4.52. The second-order valence-corrected chi connectivity index (χ2v) is 5.11. The average molecular weight is 277 g/mol. The molecule has 0 saturated carbocycles. The summed E-state index contributed by atoms with van der Waals surface area (Å²) in [5, 5.41) is 6.40. The highest BCUT2D eigenvalue weighted by molar-refractivity contribution is 7.99. The summed E-state index contributed by atoms with van der Waals surface area (Å²) in [6.07, 6.45) is 2.91. The fourth-order valence-electron chi connectivity index (χ4n) is 1.47. The molecule has 0 aliphatic rings. The third kappa shape index (κ3) is 7.57. The number of thioether (sulfide) groups is 1. The summed E-state index contributed by atoms with van der Waals surface area (Å²) in [7, 11) is 0. The highest BCUT2D eigenvalue weighted by Crippen LogP contribution is 2.17. The summed E-state index contributed by atoms with van der Waals surface area (Å²) < 4.78 is 0. The number of hydrogen-bond acceptors (Lipinski definition) is 2. The quantitative estimate of drug-likeness (QED) is 0.252. The first kappa shape index (κ1) is 15.6. The first-order valence-corrected chi connectivity index (χ1v) is 7.66. The molecule has 0 aliphatic heterocycles. The molecule has 1 aromatic rings. The van der Waals surface area contributed by atoms with E-state index in [-0.39, 0.29) is 0 Å². The summed E-state index contributed by atoms with van der Waals surface area (Å²) in [6.45, 7) is 8.21. The van der Waals surface area contributed by atoms with Crippen LogP contribution in [0, 0.1) is 0 Å². The number of aliphatic imine (C=N–C) groups is 1. The van der Waals surface area contributed by atoms with Gasteiger partial charge in [-0.05, 0) is 31.2 Å². The summed E-state index contributed by atoms with van der Waals surface area (Å²) in [6, 6.07) is 10.5. The Labute approximate surface area is 120 Å². The lowest BCUT2D eigenvalue weighted by Crippen LogP contribution is -2.37. The van der Waals surface area contributed by atoms with Crippen molar-refractivity contribution in [2.45, 2.75) is 18.2 Å². The van der Waals surface area contributed by atoms with Gasteiger partial charge in [0.1, 0.15) is 0 Å². The van der Waals surface area contributed by atoms with Crippen LogP contribution in [0.4, 0.5) is 0 Å². The largest absolute Gasteiger partial charge is 0.357 e. The molecule has 0 saturated heterocycles. The average Bonchev–Trinajstić information content (AvgIpc) is 2.45. The van der Waals surface area contributed by atoms with Crippen molar-refractivity contribution in [1.82, 2.24) is 10.6 Å². The van der Waals surface area contributed by atoms with E-state index in [0.29, 0.717) is 0 Å². The van der Waals surface area contributed by atoms with Crippen molar-refractivity contribution < 1.29 is 0 Å². The summed E-state index contributed by atoms with van der Waals surface area (Å²) in [5.41, 5.74) is 0. The molecule has 0 spiro atoms. The lowest BCUT2D eigenvalue weighted by atomic mass is 10.4. The molecular weight excluding hydrogens is 254 g/mol. The van der Waals surface area contributed by atoms with Crippen molar-refractivity contribution in [3.63, 3.8) is 0 Å². The second kappa shape index (κ2) is 10.5. The van der Waals surface area contributed by atoms with Crippen molar-refractivity contribution >= 4 is 17.7 Å². The first-order chi connectivity index (χ1) is 9.36. The molecule has 104 valence electrons. The van der Waals surface area contributed by atoms with E-state index in [9.17, 15) is 0 Å². The van der Waals surface area contributed by atoms with Gasteiger partial charge in [0, 0.05) is 24.5 Å². The van der Waals surface area contributed by atoms with E-state index in [1.807, 2.05) is 23.9 Å². The van der Waals surface area contributed by atoms with Gasteiger partial charge in [0.05, 0.1) is 0 Å². The van der Waals surface area contributed by atoms with Crippen molar-refractivity contribution in [1.29, 1.82) is 0 Å². The minimum Gasteiger partial charge on any atom is -0.357 e. The molecule has 0 fully saturated rings. The van der Waals surface area contributed by atoms with Crippen LogP contribution < -0.4 is 10.6 Å². The van der Waals surface area contributed by atoms with Gasteiger partial charge in [-0.2, -0.15) is 0 Å². The fraction of sp³-hybridized carbons (Fsp3) is 0.400. The molecule has 0 unspecified atom stereocenters. The molecule has 0 bridgehead atoms. The van der Waals surface area contributed by atoms with E-state index in [4.69, 9.17) is 0 Å². The van der Waals surface area contributed by atoms with Gasteiger partial charge < -0.3 is 10.6 Å². The van der Waals surface area contributed by atoms with E-state index < -0.39 is 0 Å². The zero-order chi connectivity index (χ0) is 13.8. The van der Waals surface area contributed by atoms with Crippen LogP contribution in [-0.2, 0) is 0 Å². The number of nitrogens with one attached hydrogen (secondary N) is 2. The van der Waals surface area contributed by atoms with Crippen molar-refractivity contribution in [3.8, 4) is 0 Å². The molecule has 0 atom stereocenters. The van der Waals surface area contributed by atoms with Gasteiger partial charge in [-0.3, -0.25) is 4.99 Å². The molecule has 0 aliphatic carbocycles. The summed E-state index contributed by atoms with van der Waals surface area (Å²) in [5.74, 6) is 1.96. The van der Waals surface area contributed by atoms with Gasteiger partial charge in [0.2, 0.25) is 0 Å². The maximum absolute atomic E-state index is 4.52. The van der Waals surface area contributed by atoms with Gasteiger partial charge >= 0.3 is 0 Å². The predicted molar refractivity (Wildman–Crippen MR) is 86.0 cm³/mol. The van der Waals surface area contributed by atoms with E-state index in [2.05, 4.69) is 53.4 Å². The van der Waals surface area contributed by atoms with Gasteiger partial charge in [-0.1, -0.05) is 24.3 Å². The Balaban J connectivity index is 2.21. The van der Waals surface area contributed by atoms with Crippen LogP contribution in [0.2, 0.25) is 0 Å². The molecule has 0 aromatic heterocycles. The number of rotatable bonds is 8. The van der Waals surface area contributed by atoms with Crippen molar-refractivity contribution in [2.75, 3.05) is 25.4 Å². The van der Waals surface area contributed by atoms with Crippen LogP contribution in [-0.4, -0.2) is 31.3 Å². The van der Waals surface area contributed by atoms with E-state index >= 15 is 0 Å². The molecule has 4 heteroatoms. The zero-order valence-corrected chi connectivity index (χ0v) is 12.4. The monoisotopic (exact) mass is 277 g/mol. The predicted octanol–water partition coefficient (Wildman–Crippen LogP) is 2.91. The lowest BCUT2D eigenvalue weighted by Gasteiger charge is -2.09. The van der Waals surface area contributed by atoms with Crippen LogP contribution >= 0.6 is 11.8 Å². The Morgan fingerprint density at radius 3 is 2.79 bits per heavy atom. The minimum absolute atomic E-state index is 0.741. The Hall–Kier alpha value is -1.42. The second-order valence-electron chi connectivity index (χ2n) is 3.95. The highest BCUT2D eigenvalue weighted by Gasteiger charge is 1.95. The molecule has 1 aromatic carbocycles. The van der Waals surface area contributed by atoms with Crippen LogP contribution in [0.5, 0.6) is 0 Å². The maximum Gasteiger partial charge on any atom is 0.191 e. The molecule has 0 radical (unpaired) electrons. The molecular formula is C15H23N3S. The normalized spacial score (nSPS) is 11.1. The number of hydrogen-bond donors (Lipinski definition) is 2. The lowest BCUT2D eigenvalue weighted by molar-refractivity contribution is 0.846. The van der Waals surface area contributed by atoms with E-state index in [0.717, 1.165) is 37.8 Å². The van der Waals surface area contributed by atoms with Crippen LogP contribution in [0.3, 0.4) is 0 Å². The smallest absolute Gasteiger partial charge is 0.191 e. The zero-order valence-electron chi connectivity index (χ0n) is 11.6. The number of nitrogens with zero attached hydrogens (tertiary/aromatic N) is 1. The van der Waals surface area contributed by atoms with Gasteiger partial charge in [0.15, 0.2) is 5.96 Å².